The molecule has 1 aromatic heterocycles. The van der Waals surface area contributed by atoms with Crippen LogP contribution in [0.4, 0.5) is 15.8 Å². The van der Waals surface area contributed by atoms with Crippen LogP contribution < -0.4 is 15.5 Å². The van der Waals surface area contributed by atoms with Crippen molar-refractivity contribution >= 4 is 29.1 Å². The van der Waals surface area contributed by atoms with Gasteiger partial charge in [0.15, 0.2) is 0 Å². The Morgan fingerprint density at radius 3 is 2.33 bits per heavy atom. The number of benzene rings is 2. The standard InChI is InChI=1S/C30H33FN6O3/c31-25-8-5-22(6-9-25)28(38)34-26-20-23(29(39)36-14-2-12-32-13-17-36)7-10-27(26)35-15-3-16-37(19-18-35)30(40)24-4-1-11-33-21-24/h1,4-11,20-21,32H,2-3,12-19H2,(H,34,38). The van der Waals surface area contributed by atoms with E-state index in [-0.39, 0.29) is 11.8 Å². The molecule has 3 aromatic rings. The molecule has 0 saturated carbocycles. The van der Waals surface area contributed by atoms with Crippen LogP contribution in [0.15, 0.2) is 67.0 Å². The third-order valence-corrected chi connectivity index (χ3v) is 7.26. The van der Waals surface area contributed by atoms with Gasteiger partial charge in [0.25, 0.3) is 17.7 Å². The number of hydrogen-bond acceptors (Lipinski definition) is 6. The van der Waals surface area contributed by atoms with Crippen LogP contribution in [0.2, 0.25) is 0 Å². The Morgan fingerprint density at radius 2 is 1.52 bits per heavy atom. The first kappa shape index (κ1) is 27.3. The first-order valence-corrected chi connectivity index (χ1v) is 13.6. The fourth-order valence-electron chi connectivity index (χ4n) is 5.11. The summed E-state index contributed by atoms with van der Waals surface area (Å²) in [7, 11) is 0. The van der Waals surface area contributed by atoms with E-state index in [0.29, 0.717) is 61.6 Å². The molecule has 0 bridgehead atoms. The lowest BCUT2D eigenvalue weighted by atomic mass is 10.1. The van der Waals surface area contributed by atoms with Crippen molar-refractivity contribution < 1.29 is 18.8 Å². The van der Waals surface area contributed by atoms with Crippen molar-refractivity contribution in [2.24, 2.45) is 0 Å². The number of nitrogens with zero attached hydrogens (tertiary/aromatic N) is 4. The van der Waals surface area contributed by atoms with Crippen LogP contribution in [0.25, 0.3) is 0 Å². The maximum Gasteiger partial charge on any atom is 0.255 e. The summed E-state index contributed by atoms with van der Waals surface area (Å²) in [4.78, 5) is 49.4. The molecule has 9 nitrogen and oxygen atoms in total. The van der Waals surface area contributed by atoms with Crippen molar-refractivity contribution in [3.63, 3.8) is 0 Å². The summed E-state index contributed by atoms with van der Waals surface area (Å²) in [6.07, 6.45) is 4.82. The largest absolute Gasteiger partial charge is 0.368 e. The van der Waals surface area contributed by atoms with Gasteiger partial charge in [-0.3, -0.25) is 19.4 Å². The van der Waals surface area contributed by atoms with Crippen molar-refractivity contribution in [2.45, 2.75) is 12.8 Å². The Kier molecular flexibility index (Phi) is 8.65. The molecule has 3 heterocycles. The van der Waals surface area contributed by atoms with Gasteiger partial charge in [-0.05, 0) is 74.0 Å². The second-order valence-electron chi connectivity index (χ2n) is 9.96. The van der Waals surface area contributed by atoms with Gasteiger partial charge in [-0.1, -0.05) is 0 Å². The molecule has 0 aliphatic carbocycles. The minimum Gasteiger partial charge on any atom is -0.368 e. The maximum absolute atomic E-state index is 13.5. The van der Waals surface area contributed by atoms with Gasteiger partial charge in [0.2, 0.25) is 0 Å². The molecular weight excluding hydrogens is 511 g/mol. The molecule has 3 amide bonds. The predicted octanol–water partition coefficient (Wildman–Crippen LogP) is 3.26. The fraction of sp³-hybridized carbons (Fsp3) is 0.333. The van der Waals surface area contributed by atoms with E-state index in [1.54, 1.807) is 36.7 Å². The molecule has 2 saturated heterocycles. The average Bonchev–Trinajstić information content (AvgIpc) is 3.41. The van der Waals surface area contributed by atoms with Crippen molar-refractivity contribution in [3.8, 4) is 0 Å². The zero-order chi connectivity index (χ0) is 27.9. The predicted molar refractivity (Wildman–Crippen MR) is 151 cm³/mol. The Bertz CT molecular complexity index is 1340. The van der Waals surface area contributed by atoms with Crippen LogP contribution in [0.1, 0.15) is 43.9 Å². The number of halogens is 1. The highest BCUT2D eigenvalue weighted by molar-refractivity contribution is 6.07. The molecule has 0 atom stereocenters. The van der Waals surface area contributed by atoms with E-state index in [9.17, 15) is 18.8 Å². The summed E-state index contributed by atoms with van der Waals surface area (Å²) in [5.74, 6) is -0.968. The number of aromatic nitrogens is 1. The Hall–Kier alpha value is -4.31. The van der Waals surface area contributed by atoms with E-state index in [1.807, 2.05) is 15.9 Å². The van der Waals surface area contributed by atoms with Gasteiger partial charge in [-0.15, -0.1) is 0 Å². The zero-order valence-electron chi connectivity index (χ0n) is 22.3. The zero-order valence-corrected chi connectivity index (χ0v) is 22.3. The topological polar surface area (TPSA) is 97.9 Å². The molecule has 0 radical (unpaired) electrons. The van der Waals surface area contributed by atoms with E-state index < -0.39 is 11.7 Å². The SMILES string of the molecule is O=C(Nc1cc(C(=O)N2CCCNCC2)ccc1N1CCCN(C(=O)c2cccnc2)CC1)c1ccc(F)cc1. The summed E-state index contributed by atoms with van der Waals surface area (Å²) in [6, 6.07) is 14.2. The molecule has 0 unspecified atom stereocenters. The van der Waals surface area contributed by atoms with E-state index in [4.69, 9.17) is 0 Å². The third kappa shape index (κ3) is 6.45. The molecule has 40 heavy (non-hydrogen) atoms. The van der Waals surface area contributed by atoms with E-state index >= 15 is 0 Å². The molecular formula is C30H33FN6O3. The Balaban J connectivity index is 1.39. The van der Waals surface area contributed by atoms with E-state index in [2.05, 4.69) is 20.5 Å². The first-order chi connectivity index (χ1) is 19.5. The number of carbonyl (C=O) groups is 3. The van der Waals surface area contributed by atoms with Crippen LogP contribution in [0.5, 0.6) is 0 Å². The highest BCUT2D eigenvalue weighted by Gasteiger charge is 2.24. The molecule has 208 valence electrons. The van der Waals surface area contributed by atoms with Crippen molar-refractivity contribution in [3.05, 3.63) is 89.5 Å². The molecule has 2 fully saturated rings. The van der Waals surface area contributed by atoms with Crippen LogP contribution in [0, 0.1) is 5.82 Å². The average molecular weight is 545 g/mol. The van der Waals surface area contributed by atoms with Crippen LogP contribution in [-0.4, -0.2) is 84.9 Å². The summed E-state index contributed by atoms with van der Waals surface area (Å²) in [5, 5.41) is 6.27. The lowest BCUT2D eigenvalue weighted by molar-refractivity contribution is 0.0758. The number of rotatable bonds is 5. The number of hydrogen-bond donors (Lipinski definition) is 2. The number of pyridine rings is 1. The van der Waals surface area contributed by atoms with Crippen LogP contribution >= 0.6 is 0 Å². The number of anilines is 2. The normalized spacial score (nSPS) is 16.2. The van der Waals surface area contributed by atoms with Gasteiger partial charge in [0, 0.05) is 69.3 Å². The van der Waals surface area contributed by atoms with Gasteiger partial charge in [-0.2, -0.15) is 0 Å². The van der Waals surface area contributed by atoms with Crippen molar-refractivity contribution in [1.82, 2.24) is 20.1 Å². The monoisotopic (exact) mass is 544 g/mol. The minimum atomic E-state index is -0.424. The molecule has 2 N–H and O–H groups in total. The molecule has 2 aliphatic rings. The van der Waals surface area contributed by atoms with Crippen molar-refractivity contribution in [2.75, 3.05) is 62.6 Å². The molecule has 2 aliphatic heterocycles. The molecule has 5 rings (SSSR count). The first-order valence-electron chi connectivity index (χ1n) is 13.6. The maximum atomic E-state index is 13.5. The van der Waals surface area contributed by atoms with Gasteiger partial charge >= 0.3 is 0 Å². The summed E-state index contributed by atoms with van der Waals surface area (Å²) in [5.41, 5.74) is 2.62. The lowest BCUT2D eigenvalue weighted by Crippen LogP contribution is -2.35. The third-order valence-electron chi connectivity index (χ3n) is 7.26. The van der Waals surface area contributed by atoms with E-state index in [1.165, 1.54) is 24.3 Å². The summed E-state index contributed by atoms with van der Waals surface area (Å²) >= 11 is 0. The summed E-state index contributed by atoms with van der Waals surface area (Å²) < 4.78 is 13.5. The Morgan fingerprint density at radius 1 is 0.775 bits per heavy atom. The van der Waals surface area contributed by atoms with Gasteiger partial charge < -0.3 is 25.3 Å². The number of nitrogens with one attached hydrogen (secondary N) is 2. The van der Waals surface area contributed by atoms with E-state index in [0.717, 1.165) is 31.6 Å². The second kappa shape index (κ2) is 12.7. The molecule has 10 heteroatoms. The van der Waals surface area contributed by atoms with Gasteiger partial charge in [0.05, 0.1) is 16.9 Å². The number of carbonyl (C=O) groups excluding carboxylic acids is 3. The highest BCUT2D eigenvalue weighted by Crippen LogP contribution is 2.30. The number of amides is 3. The fourth-order valence-corrected chi connectivity index (χ4v) is 5.11. The Labute approximate surface area is 233 Å². The van der Waals surface area contributed by atoms with Crippen LogP contribution in [0.3, 0.4) is 0 Å². The second-order valence-corrected chi connectivity index (χ2v) is 9.96. The minimum absolute atomic E-state index is 0.0623. The van der Waals surface area contributed by atoms with Crippen LogP contribution in [-0.2, 0) is 0 Å². The van der Waals surface area contributed by atoms with Gasteiger partial charge in [0.1, 0.15) is 5.82 Å². The molecule has 2 aromatic carbocycles. The molecule has 0 spiro atoms. The lowest BCUT2D eigenvalue weighted by Gasteiger charge is -2.27. The quantitative estimate of drug-likeness (QED) is 0.512. The van der Waals surface area contributed by atoms with Gasteiger partial charge in [-0.25, -0.2) is 4.39 Å². The smallest absolute Gasteiger partial charge is 0.255 e. The summed E-state index contributed by atoms with van der Waals surface area (Å²) in [6.45, 7) is 5.21. The van der Waals surface area contributed by atoms with Crippen molar-refractivity contribution in [1.29, 1.82) is 0 Å². The highest BCUT2D eigenvalue weighted by atomic mass is 19.1.